The number of likely N-dealkylation sites (tertiary alicyclic amines) is 1. The van der Waals surface area contributed by atoms with Crippen molar-refractivity contribution in [2.45, 2.75) is 44.1 Å². The maximum absolute atomic E-state index is 16.6. The van der Waals surface area contributed by atoms with Crippen molar-refractivity contribution < 1.29 is 17.9 Å². The molecule has 4 fully saturated rings. The minimum atomic E-state index is -1.05. The zero-order valence-corrected chi connectivity index (χ0v) is 26.6. The number of rotatable bonds is 10. The summed E-state index contributed by atoms with van der Waals surface area (Å²) in [6.07, 6.45) is 7.99. The van der Waals surface area contributed by atoms with Gasteiger partial charge in [0.2, 0.25) is 0 Å². The summed E-state index contributed by atoms with van der Waals surface area (Å²) in [5, 5.41) is 13.4. The summed E-state index contributed by atoms with van der Waals surface area (Å²) in [6.45, 7) is 4.26. The maximum Gasteiger partial charge on any atom is 0.319 e. The van der Waals surface area contributed by atoms with Crippen molar-refractivity contribution in [1.82, 2.24) is 24.8 Å². The van der Waals surface area contributed by atoms with Crippen molar-refractivity contribution in [2.24, 2.45) is 17.3 Å². The molecule has 240 valence electrons. The Bertz CT molecular complexity index is 1920. The number of aromatic nitrogens is 3. The van der Waals surface area contributed by atoms with Gasteiger partial charge >= 0.3 is 6.01 Å². The van der Waals surface area contributed by atoms with E-state index in [0.717, 1.165) is 74.9 Å². The molecule has 4 aromatic rings. The van der Waals surface area contributed by atoms with Crippen molar-refractivity contribution >= 4 is 43.1 Å². The number of hydrogen-bond acceptors (Lipinski definition) is 10. The van der Waals surface area contributed by atoms with Crippen LogP contribution in [0.2, 0.25) is 0 Å². The first-order valence-electron chi connectivity index (χ1n) is 15.8. The van der Waals surface area contributed by atoms with Gasteiger partial charge in [-0.15, -0.1) is 11.3 Å². The summed E-state index contributed by atoms with van der Waals surface area (Å²) in [7, 11) is 4.09. The van der Waals surface area contributed by atoms with E-state index < -0.39 is 23.1 Å². The first kappa shape index (κ1) is 29.7. The molecule has 3 N–H and O–H groups in total. The third-order valence-corrected chi connectivity index (χ3v) is 11.8. The standard InChI is InChI=1S/C33H35F3N8OS/c1-43(2)33(4-3-5-33)14-40-30-20-11-39-27(24-21(34)9-22(35)28-23(24)19(10-37)29(38)46-28)25(36)26(20)41-31(42-30)45-16-32(6-7-32)15-44-12-17-8-18(17)13-44/h9,11,17-18H,3-8,12-16,38H2,1-2H3,(H,40,41,42). The average Bonchev–Trinajstić information content (AvgIpc) is 3.86. The Morgan fingerprint density at radius 1 is 1.15 bits per heavy atom. The first-order chi connectivity index (χ1) is 22.1. The van der Waals surface area contributed by atoms with Crippen LogP contribution >= 0.6 is 11.3 Å². The lowest BCUT2D eigenvalue weighted by atomic mass is 9.75. The zero-order valence-electron chi connectivity index (χ0n) is 25.8. The molecule has 0 amide bonds. The molecule has 2 atom stereocenters. The molecule has 4 heterocycles. The number of benzene rings is 1. The van der Waals surface area contributed by atoms with Gasteiger partial charge in [0, 0.05) is 60.3 Å². The predicted molar refractivity (Wildman–Crippen MR) is 171 cm³/mol. The number of nitrogens with one attached hydrogen (secondary N) is 1. The fourth-order valence-corrected chi connectivity index (χ4v) is 8.37. The van der Waals surface area contributed by atoms with Gasteiger partial charge in [0.1, 0.15) is 39.7 Å². The highest BCUT2D eigenvalue weighted by molar-refractivity contribution is 7.23. The van der Waals surface area contributed by atoms with Crippen LogP contribution in [0.3, 0.4) is 0 Å². The number of nitriles is 1. The molecule has 0 radical (unpaired) electrons. The number of nitrogens with zero attached hydrogens (tertiary/aromatic N) is 6. The Kier molecular flexibility index (Phi) is 6.87. The molecule has 0 spiro atoms. The number of pyridine rings is 1. The van der Waals surface area contributed by atoms with Crippen LogP contribution in [0.25, 0.3) is 32.2 Å². The summed E-state index contributed by atoms with van der Waals surface area (Å²) in [4.78, 5) is 18.2. The monoisotopic (exact) mass is 648 g/mol. The molecule has 1 aliphatic heterocycles. The molecule has 46 heavy (non-hydrogen) atoms. The van der Waals surface area contributed by atoms with Crippen molar-refractivity contribution in [2.75, 3.05) is 57.9 Å². The van der Waals surface area contributed by atoms with Gasteiger partial charge in [0.15, 0.2) is 5.82 Å². The van der Waals surface area contributed by atoms with Crippen LogP contribution < -0.4 is 15.8 Å². The van der Waals surface area contributed by atoms with Gasteiger partial charge in [0.25, 0.3) is 0 Å². The summed E-state index contributed by atoms with van der Waals surface area (Å²) in [6, 6.07) is 2.61. The van der Waals surface area contributed by atoms with Crippen LogP contribution in [0.15, 0.2) is 12.3 Å². The van der Waals surface area contributed by atoms with Crippen molar-refractivity contribution in [3.05, 3.63) is 35.3 Å². The van der Waals surface area contributed by atoms with Gasteiger partial charge in [-0.1, -0.05) is 0 Å². The molecule has 2 unspecified atom stereocenters. The molecular formula is C33H35F3N8OS. The molecule has 8 rings (SSSR count). The quantitative estimate of drug-likeness (QED) is 0.221. The largest absolute Gasteiger partial charge is 0.463 e. The van der Waals surface area contributed by atoms with Gasteiger partial charge in [-0.3, -0.25) is 4.98 Å². The summed E-state index contributed by atoms with van der Waals surface area (Å²) < 4.78 is 53.1. The molecule has 1 aromatic carbocycles. The number of anilines is 2. The predicted octanol–water partition coefficient (Wildman–Crippen LogP) is 5.78. The Labute approximate surface area is 268 Å². The second kappa shape index (κ2) is 10.7. The number of hydrogen-bond donors (Lipinski definition) is 2. The summed E-state index contributed by atoms with van der Waals surface area (Å²) in [5.41, 5.74) is 4.99. The number of likely N-dealkylation sites (N-methyl/N-ethyl adjacent to an activating group) is 1. The van der Waals surface area contributed by atoms with Crippen LogP contribution in [0.4, 0.5) is 24.0 Å². The minimum absolute atomic E-state index is 0.0136. The van der Waals surface area contributed by atoms with E-state index in [0.29, 0.717) is 30.4 Å². The first-order valence-corrected chi connectivity index (χ1v) is 16.7. The Hall–Kier alpha value is -3.73. The van der Waals surface area contributed by atoms with Gasteiger partial charge in [-0.25, -0.2) is 13.2 Å². The van der Waals surface area contributed by atoms with Gasteiger partial charge in [-0.05, 0) is 64.5 Å². The molecular weight excluding hydrogens is 613 g/mol. The average molecular weight is 649 g/mol. The van der Waals surface area contributed by atoms with Gasteiger partial charge in [0.05, 0.1) is 22.3 Å². The number of ether oxygens (including phenoxy) is 1. The maximum atomic E-state index is 16.6. The highest BCUT2D eigenvalue weighted by Crippen LogP contribution is 2.51. The van der Waals surface area contributed by atoms with E-state index >= 15 is 8.78 Å². The van der Waals surface area contributed by atoms with Crippen molar-refractivity contribution in [3.63, 3.8) is 0 Å². The zero-order chi connectivity index (χ0) is 32.0. The number of nitrogen functional groups attached to an aromatic ring is 1. The Morgan fingerprint density at radius 3 is 2.57 bits per heavy atom. The molecule has 3 aromatic heterocycles. The fourth-order valence-electron chi connectivity index (χ4n) is 7.43. The normalized spacial score (nSPS) is 22.5. The van der Waals surface area contributed by atoms with Crippen LogP contribution in [0.1, 0.15) is 44.1 Å². The fraction of sp³-hybridized carbons (Fsp3) is 0.515. The number of thiophene rings is 1. The van der Waals surface area contributed by atoms with Crippen LogP contribution in [0.5, 0.6) is 6.01 Å². The number of nitrogens with two attached hydrogens (primary N) is 1. The number of piperidine rings is 1. The van der Waals surface area contributed by atoms with E-state index in [1.165, 1.54) is 12.6 Å². The molecule has 13 heteroatoms. The van der Waals surface area contributed by atoms with E-state index in [4.69, 9.17) is 15.5 Å². The topological polar surface area (TPSA) is 116 Å². The van der Waals surface area contributed by atoms with Gasteiger partial charge < -0.3 is 25.6 Å². The molecule has 1 saturated heterocycles. The highest BCUT2D eigenvalue weighted by Gasteiger charge is 2.51. The molecule has 4 aliphatic rings. The summed E-state index contributed by atoms with van der Waals surface area (Å²) >= 11 is 0.809. The SMILES string of the molecule is CN(C)C1(CNc2nc(OCC3(CN4CC5CC5C4)CC3)nc3c(F)c(-c4c(F)cc(F)c5sc(N)c(C#N)c45)ncc23)CCC1. The lowest BCUT2D eigenvalue weighted by Crippen LogP contribution is -2.54. The van der Waals surface area contributed by atoms with E-state index in [-0.39, 0.29) is 48.7 Å². The Morgan fingerprint density at radius 2 is 1.91 bits per heavy atom. The number of halogens is 3. The third kappa shape index (κ3) is 4.84. The smallest absolute Gasteiger partial charge is 0.319 e. The third-order valence-electron chi connectivity index (χ3n) is 10.8. The second-order valence-electron chi connectivity index (χ2n) is 14.0. The lowest BCUT2D eigenvalue weighted by molar-refractivity contribution is 0.0738. The van der Waals surface area contributed by atoms with E-state index in [9.17, 15) is 9.65 Å². The van der Waals surface area contributed by atoms with E-state index in [1.54, 1.807) is 0 Å². The highest BCUT2D eigenvalue weighted by atomic mass is 32.1. The lowest BCUT2D eigenvalue weighted by Gasteiger charge is -2.47. The number of fused-ring (bicyclic) bond motifs is 3. The minimum Gasteiger partial charge on any atom is -0.463 e. The van der Waals surface area contributed by atoms with Crippen LogP contribution in [-0.4, -0.2) is 77.2 Å². The van der Waals surface area contributed by atoms with E-state index in [1.807, 2.05) is 20.2 Å². The van der Waals surface area contributed by atoms with Crippen molar-refractivity contribution in [3.8, 4) is 23.3 Å². The van der Waals surface area contributed by atoms with Crippen LogP contribution in [0, 0.1) is 46.0 Å². The molecule has 0 bridgehead atoms. The second-order valence-corrected chi connectivity index (χ2v) is 15.0. The molecule has 9 nitrogen and oxygen atoms in total. The summed E-state index contributed by atoms with van der Waals surface area (Å²) in [5.74, 6) is -0.784. The van der Waals surface area contributed by atoms with Gasteiger partial charge in [-0.2, -0.15) is 15.2 Å². The molecule has 3 saturated carbocycles. The molecule has 3 aliphatic carbocycles. The Balaban J connectivity index is 1.19. The van der Waals surface area contributed by atoms with Crippen molar-refractivity contribution in [1.29, 1.82) is 5.26 Å². The van der Waals surface area contributed by atoms with E-state index in [2.05, 4.69) is 25.1 Å². The van der Waals surface area contributed by atoms with Crippen LogP contribution in [-0.2, 0) is 0 Å².